The second-order valence-corrected chi connectivity index (χ2v) is 4.37. The summed E-state index contributed by atoms with van der Waals surface area (Å²) in [7, 11) is 0. The molecule has 0 aliphatic carbocycles. The molecule has 0 spiro atoms. The van der Waals surface area contributed by atoms with Crippen molar-refractivity contribution in [2.45, 2.75) is 56.5 Å². The van der Waals surface area contributed by atoms with Gasteiger partial charge in [-0.05, 0) is 32.1 Å². The van der Waals surface area contributed by atoms with Gasteiger partial charge >= 0.3 is 0 Å². The van der Waals surface area contributed by atoms with Crippen LogP contribution in [0.5, 0.6) is 0 Å². The molecular formula is C13H24O4. The van der Waals surface area contributed by atoms with Crippen molar-refractivity contribution in [1.82, 2.24) is 0 Å². The van der Waals surface area contributed by atoms with Gasteiger partial charge in [-0.1, -0.05) is 12.2 Å². The van der Waals surface area contributed by atoms with E-state index in [9.17, 15) is 20.4 Å². The lowest BCUT2D eigenvalue weighted by atomic mass is 9.99. The van der Waals surface area contributed by atoms with E-state index in [4.69, 9.17) is 0 Å². The third-order valence-electron chi connectivity index (χ3n) is 2.51. The van der Waals surface area contributed by atoms with Crippen molar-refractivity contribution in [3.8, 4) is 0 Å². The average Bonchev–Trinajstić information content (AvgIpc) is 2.16. The summed E-state index contributed by atoms with van der Waals surface area (Å²) in [5.74, 6) is 0. The molecule has 0 fully saturated rings. The molecule has 0 heterocycles. The van der Waals surface area contributed by atoms with Gasteiger partial charge in [0, 0.05) is 0 Å². The molecule has 0 rings (SSSR count). The van der Waals surface area contributed by atoms with E-state index in [0.29, 0.717) is 12.8 Å². The molecule has 0 saturated carbocycles. The fraction of sp³-hybridized carbons (Fsp3) is 0.692. The van der Waals surface area contributed by atoms with Gasteiger partial charge in [0.05, 0.1) is 24.4 Å². The fourth-order valence-corrected chi connectivity index (χ4v) is 1.71. The Morgan fingerprint density at radius 1 is 0.647 bits per heavy atom. The van der Waals surface area contributed by atoms with Crippen molar-refractivity contribution in [2.24, 2.45) is 0 Å². The summed E-state index contributed by atoms with van der Waals surface area (Å²) >= 11 is 0. The van der Waals surface area contributed by atoms with Gasteiger partial charge in [-0.15, -0.1) is 13.2 Å². The summed E-state index contributed by atoms with van der Waals surface area (Å²) in [4.78, 5) is 0. The van der Waals surface area contributed by atoms with Gasteiger partial charge in [0.25, 0.3) is 0 Å². The Bertz CT molecular complexity index is 195. The van der Waals surface area contributed by atoms with Crippen molar-refractivity contribution < 1.29 is 20.4 Å². The average molecular weight is 244 g/mol. The summed E-state index contributed by atoms with van der Waals surface area (Å²) < 4.78 is 0. The Balaban J connectivity index is 3.81. The summed E-state index contributed by atoms with van der Waals surface area (Å²) in [5.41, 5.74) is 0. The van der Waals surface area contributed by atoms with Crippen LogP contribution in [0.15, 0.2) is 25.3 Å². The van der Waals surface area contributed by atoms with Gasteiger partial charge in [0.1, 0.15) is 0 Å². The lowest BCUT2D eigenvalue weighted by molar-refractivity contribution is 0.0201. The minimum absolute atomic E-state index is 0.155. The van der Waals surface area contributed by atoms with Gasteiger partial charge in [0.15, 0.2) is 0 Å². The number of hydrogen-bond acceptors (Lipinski definition) is 4. The van der Waals surface area contributed by atoms with Gasteiger partial charge in [-0.3, -0.25) is 0 Å². The van der Waals surface area contributed by atoms with E-state index in [1.54, 1.807) is 12.2 Å². The van der Waals surface area contributed by atoms with Gasteiger partial charge < -0.3 is 20.4 Å². The van der Waals surface area contributed by atoms with Gasteiger partial charge in [-0.25, -0.2) is 0 Å². The van der Waals surface area contributed by atoms with Crippen LogP contribution in [0.2, 0.25) is 0 Å². The predicted molar refractivity (Wildman–Crippen MR) is 67.5 cm³/mol. The zero-order valence-corrected chi connectivity index (χ0v) is 10.2. The van der Waals surface area contributed by atoms with Crippen LogP contribution < -0.4 is 0 Å². The monoisotopic (exact) mass is 244 g/mol. The van der Waals surface area contributed by atoms with Crippen molar-refractivity contribution in [2.75, 3.05) is 0 Å². The Kier molecular flexibility index (Phi) is 8.99. The molecule has 0 bridgehead atoms. The van der Waals surface area contributed by atoms with E-state index in [0.717, 1.165) is 0 Å². The smallest absolute Gasteiger partial charge is 0.0599 e. The largest absolute Gasteiger partial charge is 0.393 e. The van der Waals surface area contributed by atoms with Crippen LogP contribution in [0.1, 0.15) is 32.1 Å². The molecule has 0 aromatic rings. The van der Waals surface area contributed by atoms with Crippen LogP contribution in [0.4, 0.5) is 0 Å². The highest BCUT2D eigenvalue weighted by molar-refractivity contribution is 4.78. The molecular weight excluding hydrogens is 220 g/mol. The molecule has 4 atom stereocenters. The minimum atomic E-state index is -0.768. The lowest BCUT2D eigenvalue weighted by Crippen LogP contribution is -2.25. The molecule has 0 amide bonds. The maximum Gasteiger partial charge on any atom is 0.0599 e. The highest BCUT2D eigenvalue weighted by Crippen LogP contribution is 2.13. The van der Waals surface area contributed by atoms with Crippen LogP contribution in [0, 0.1) is 0 Å². The summed E-state index contributed by atoms with van der Waals surface area (Å²) in [6.45, 7) is 6.99. The first-order valence-electron chi connectivity index (χ1n) is 5.93. The zero-order chi connectivity index (χ0) is 13.3. The molecule has 0 radical (unpaired) electrons. The summed E-state index contributed by atoms with van der Waals surface area (Å²) in [5, 5.41) is 38.1. The number of hydrogen-bond donors (Lipinski definition) is 4. The lowest BCUT2D eigenvalue weighted by Gasteiger charge is -2.19. The van der Waals surface area contributed by atoms with E-state index in [1.165, 1.54) is 0 Å². The first kappa shape index (κ1) is 16.3. The quantitative estimate of drug-likeness (QED) is 0.428. The standard InChI is InChI=1S/C13H24O4/c1-3-5-10(14)7-12(16)9-13(17)8-11(15)6-4-2/h3-4,10-17H,1-2,5-9H2/t10-,11+,12+,13-. The van der Waals surface area contributed by atoms with Gasteiger partial charge in [-0.2, -0.15) is 0 Å². The van der Waals surface area contributed by atoms with Crippen molar-refractivity contribution >= 4 is 0 Å². The Labute approximate surface area is 103 Å². The Hall–Kier alpha value is -0.680. The molecule has 0 aliphatic heterocycles. The van der Waals surface area contributed by atoms with E-state index >= 15 is 0 Å². The highest BCUT2D eigenvalue weighted by atomic mass is 16.3. The normalized spacial score (nSPS) is 18.1. The molecule has 0 saturated heterocycles. The molecule has 0 aromatic carbocycles. The van der Waals surface area contributed by atoms with E-state index in [1.807, 2.05) is 0 Å². The molecule has 4 nitrogen and oxygen atoms in total. The highest BCUT2D eigenvalue weighted by Gasteiger charge is 2.17. The molecule has 0 aliphatic rings. The third kappa shape index (κ3) is 9.06. The number of aliphatic hydroxyl groups excluding tert-OH is 4. The van der Waals surface area contributed by atoms with Crippen LogP contribution in [0.25, 0.3) is 0 Å². The molecule has 4 heteroatoms. The third-order valence-corrected chi connectivity index (χ3v) is 2.51. The SMILES string of the molecule is C=CC[C@@H](O)C[C@H](O)C[C@H](O)C[C@@H](O)CC=C. The second kappa shape index (κ2) is 9.36. The van der Waals surface area contributed by atoms with E-state index in [-0.39, 0.29) is 19.3 Å². The first-order chi connectivity index (χ1) is 7.99. The maximum atomic E-state index is 9.60. The topological polar surface area (TPSA) is 80.9 Å². The van der Waals surface area contributed by atoms with Crippen molar-refractivity contribution in [3.05, 3.63) is 25.3 Å². The first-order valence-corrected chi connectivity index (χ1v) is 5.93. The molecule has 0 aromatic heterocycles. The molecule has 0 unspecified atom stereocenters. The van der Waals surface area contributed by atoms with Gasteiger partial charge in [0.2, 0.25) is 0 Å². The molecule has 4 N–H and O–H groups in total. The summed E-state index contributed by atoms with van der Waals surface area (Å²) in [6.07, 6.45) is 1.79. The van der Waals surface area contributed by atoms with Crippen LogP contribution in [-0.4, -0.2) is 44.8 Å². The fourth-order valence-electron chi connectivity index (χ4n) is 1.71. The predicted octanol–water partition coefficient (Wildman–Crippen LogP) is 0.752. The van der Waals surface area contributed by atoms with Crippen molar-refractivity contribution in [3.63, 3.8) is 0 Å². The van der Waals surface area contributed by atoms with Crippen LogP contribution >= 0.6 is 0 Å². The van der Waals surface area contributed by atoms with Crippen LogP contribution in [-0.2, 0) is 0 Å². The maximum absolute atomic E-state index is 9.60. The Morgan fingerprint density at radius 2 is 0.941 bits per heavy atom. The Morgan fingerprint density at radius 3 is 1.24 bits per heavy atom. The second-order valence-electron chi connectivity index (χ2n) is 4.37. The molecule has 100 valence electrons. The molecule has 17 heavy (non-hydrogen) atoms. The minimum Gasteiger partial charge on any atom is -0.393 e. The van der Waals surface area contributed by atoms with E-state index in [2.05, 4.69) is 13.2 Å². The number of aliphatic hydroxyl groups is 4. The number of rotatable bonds is 10. The van der Waals surface area contributed by atoms with Crippen molar-refractivity contribution in [1.29, 1.82) is 0 Å². The van der Waals surface area contributed by atoms with Crippen LogP contribution in [0.3, 0.4) is 0 Å². The summed E-state index contributed by atoms with van der Waals surface area (Å²) in [6, 6.07) is 0. The van der Waals surface area contributed by atoms with E-state index < -0.39 is 24.4 Å². The zero-order valence-electron chi connectivity index (χ0n) is 10.2.